The van der Waals surface area contributed by atoms with Crippen LogP contribution in [-0.4, -0.2) is 30.5 Å². The van der Waals surface area contributed by atoms with E-state index in [4.69, 9.17) is 4.98 Å². The van der Waals surface area contributed by atoms with Crippen molar-refractivity contribution in [1.82, 2.24) is 9.97 Å². The molecule has 0 radical (unpaired) electrons. The number of amides is 1. The highest BCUT2D eigenvalue weighted by Crippen LogP contribution is 2.34. The quantitative estimate of drug-likeness (QED) is 0.444. The zero-order chi connectivity index (χ0) is 22.2. The fraction of sp³-hybridized carbons (Fsp3) is 0.174. The van der Waals surface area contributed by atoms with Crippen molar-refractivity contribution in [1.29, 1.82) is 0 Å². The smallest absolute Gasteiger partial charge is 0.260 e. The van der Waals surface area contributed by atoms with Crippen LogP contribution in [0.25, 0.3) is 10.2 Å². The van der Waals surface area contributed by atoms with E-state index < -0.39 is 9.84 Å². The maximum atomic E-state index is 13.5. The number of sulfone groups is 1. The lowest BCUT2D eigenvalue weighted by atomic mass is 10.1. The number of anilines is 1. The summed E-state index contributed by atoms with van der Waals surface area (Å²) in [7, 11) is -3.34. The number of fused-ring (bicyclic) bond motifs is 1. The zero-order valence-electron chi connectivity index (χ0n) is 17.4. The van der Waals surface area contributed by atoms with Gasteiger partial charge in [-0.05, 0) is 61.4 Å². The van der Waals surface area contributed by atoms with Crippen molar-refractivity contribution in [3.8, 4) is 0 Å². The van der Waals surface area contributed by atoms with Gasteiger partial charge in [-0.2, -0.15) is 0 Å². The average Bonchev–Trinajstić information content (AvgIpc) is 3.21. The molecule has 4 rings (SSSR count). The second-order valence-corrected chi connectivity index (χ2v) is 10.4. The number of carbonyl (C=O) groups is 1. The molecule has 2 aromatic heterocycles. The summed E-state index contributed by atoms with van der Waals surface area (Å²) in [4.78, 5) is 24.4. The molecule has 2 heterocycles. The minimum absolute atomic E-state index is 0.173. The molecule has 0 aliphatic carbocycles. The molecule has 0 aliphatic rings. The predicted molar refractivity (Wildman–Crippen MR) is 123 cm³/mol. The first-order valence-electron chi connectivity index (χ1n) is 9.62. The highest BCUT2D eigenvalue weighted by Gasteiger charge is 2.23. The first-order chi connectivity index (χ1) is 14.7. The van der Waals surface area contributed by atoms with Crippen LogP contribution >= 0.6 is 11.3 Å². The molecule has 6 nitrogen and oxygen atoms in total. The Morgan fingerprint density at radius 2 is 1.71 bits per heavy atom. The van der Waals surface area contributed by atoms with Crippen LogP contribution in [0.5, 0.6) is 0 Å². The van der Waals surface area contributed by atoms with Gasteiger partial charge in [0.25, 0.3) is 5.91 Å². The van der Waals surface area contributed by atoms with Crippen molar-refractivity contribution >= 4 is 42.4 Å². The Morgan fingerprint density at radius 3 is 2.32 bits per heavy atom. The van der Waals surface area contributed by atoms with Gasteiger partial charge in [0.2, 0.25) is 0 Å². The Kier molecular flexibility index (Phi) is 5.60. The van der Waals surface area contributed by atoms with Gasteiger partial charge >= 0.3 is 0 Å². The minimum Gasteiger partial charge on any atom is -0.278 e. The normalized spacial score (nSPS) is 11.6. The van der Waals surface area contributed by atoms with Gasteiger partial charge in [-0.25, -0.2) is 13.4 Å². The fourth-order valence-corrected chi connectivity index (χ4v) is 4.98. The van der Waals surface area contributed by atoms with E-state index in [2.05, 4.69) is 11.1 Å². The van der Waals surface area contributed by atoms with Crippen LogP contribution in [0.15, 0.2) is 65.7 Å². The van der Waals surface area contributed by atoms with Gasteiger partial charge in [0.1, 0.15) is 0 Å². The lowest BCUT2D eigenvalue weighted by Gasteiger charge is -2.19. The average molecular weight is 452 g/mol. The van der Waals surface area contributed by atoms with Crippen LogP contribution < -0.4 is 4.90 Å². The number of pyridine rings is 1. The topological polar surface area (TPSA) is 80.2 Å². The summed E-state index contributed by atoms with van der Waals surface area (Å²) in [5.41, 5.74) is 4.15. The Morgan fingerprint density at radius 1 is 1.00 bits per heavy atom. The van der Waals surface area contributed by atoms with Gasteiger partial charge in [0.05, 0.1) is 27.4 Å². The highest BCUT2D eigenvalue weighted by atomic mass is 32.2. The summed E-state index contributed by atoms with van der Waals surface area (Å²) in [6.07, 6.45) is 2.83. The largest absolute Gasteiger partial charge is 0.278 e. The third-order valence-corrected chi connectivity index (χ3v) is 7.32. The standard InChI is InChI=1S/C23H21N3O3S2/c1-15-7-8-16(2)21-20(15)25-23(30-21)26(14-18-6-4-5-13-24-18)22(27)17-9-11-19(12-10-17)31(3,28)29/h4-13H,14H2,1-3H3. The zero-order valence-corrected chi connectivity index (χ0v) is 19.0. The molecule has 0 atom stereocenters. The third-order valence-electron chi connectivity index (χ3n) is 4.98. The van der Waals surface area contributed by atoms with Crippen molar-refractivity contribution in [2.24, 2.45) is 0 Å². The molecule has 0 N–H and O–H groups in total. The molecular formula is C23H21N3O3S2. The van der Waals surface area contributed by atoms with Gasteiger partial charge in [0, 0.05) is 18.0 Å². The van der Waals surface area contributed by atoms with Crippen molar-refractivity contribution in [2.75, 3.05) is 11.2 Å². The number of benzene rings is 2. The van der Waals surface area contributed by atoms with Crippen molar-refractivity contribution in [3.05, 3.63) is 83.2 Å². The van der Waals surface area contributed by atoms with E-state index in [0.717, 1.165) is 33.3 Å². The highest BCUT2D eigenvalue weighted by molar-refractivity contribution is 7.90. The molecule has 0 aliphatic heterocycles. The van der Waals surface area contributed by atoms with Gasteiger partial charge in [0.15, 0.2) is 15.0 Å². The first-order valence-corrected chi connectivity index (χ1v) is 12.3. The Hall–Kier alpha value is -3.10. The van der Waals surface area contributed by atoms with Crippen molar-refractivity contribution in [3.63, 3.8) is 0 Å². The molecule has 158 valence electrons. The van der Waals surface area contributed by atoms with Crippen LogP contribution in [0.4, 0.5) is 5.13 Å². The molecule has 4 aromatic rings. The fourth-order valence-electron chi connectivity index (χ4n) is 3.24. The van der Waals surface area contributed by atoms with Gasteiger partial charge in [-0.1, -0.05) is 29.5 Å². The SMILES string of the molecule is Cc1ccc(C)c2sc(N(Cc3ccccn3)C(=O)c3ccc(S(C)(=O)=O)cc3)nc12. The summed E-state index contributed by atoms with van der Waals surface area (Å²) < 4.78 is 24.6. The van der Waals surface area contributed by atoms with E-state index in [1.54, 1.807) is 11.1 Å². The minimum atomic E-state index is -3.34. The van der Waals surface area contributed by atoms with E-state index in [-0.39, 0.29) is 17.3 Å². The van der Waals surface area contributed by atoms with Crippen LogP contribution in [0.3, 0.4) is 0 Å². The second-order valence-electron chi connectivity index (χ2n) is 7.38. The molecule has 0 unspecified atom stereocenters. The van der Waals surface area contributed by atoms with E-state index in [1.807, 2.05) is 38.1 Å². The molecule has 0 fully saturated rings. The van der Waals surface area contributed by atoms with Gasteiger partial charge in [-0.3, -0.25) is 14.7 Å². The van der Waals surface area contributed by atoms with Crippen molar-refractivity contribution < 1.29 is 13.2 Å². The number of nitrogens with zero attached hydrogens (tertiary/aromatic N) is 3. The number of carbonyl (C=O) groups excluding carboxylic acids is 1. The summed E-state index contributed by atoms with van der Waals surface area (Å²) in [6.45, 7) is 4.28. The van der Waals surface area contributed by atoms with Crippen LogP contribution in [0.1, 0.15) is 27.2 Å². The van der Waals surface area contributed by atoms with Gasteiger partial charge < -0.3 is 0 Å². The maximum absolute atomic E-state index is 13.5. The summed E-state index contributed by atoms with van der Waals surface area (Å²) in [5.74, 6) is -0.264. The van der Waals surface area contributed by atoms with Gasteiger partial charge in [-0.15, -0.1) is 0 Å². The number of hydrogen-bond acceptors (Lipinski definition) is 6. The Bertz CT molecular complexity index is 1320. The first kappa shape index (κ1) is 21.1. The Balaban J connectivity index is 1.79. The lowest BCUT2D eigenvalue weighted by molar-refractivity contribution is 0.0984. The number of hydrogen-bond donors (Lipinski definition) is 0. The molecule has 2 aromatic carbocycles. The number of aryl methyl sites for hydroxylation is 2. The Labute approximate surface area is 185 Å². The molecule has 8 heteroatoms. The number of rotatable bonds is 5. The van der Waals surface area contributed by atoms with Crippen LogP contribution in [-0.2, 0) is 16.4 Å². The predicted octanol–water partition coefficient (Wildman–Crippen LogP) is 4.56. The maximum Gasteiger partial charge on any atom is 0.260 e. The molecular weight excluding hydrogens is 430 g/mol. The lowest BCUT2D eigenvalue weighted by Crippen LogP contribution is -2.30. The summed E-state index contributed by atoms with van der Waals surface area (Å²) in [6, 6.07) is 15.6. The second kappa shape index (κ2) is 8.20. The van der Waals surface area contributed by atoms with Crippen LogP contribution in [0.2, 0.25) is 0 Å². The monoisotopic (exact) mass is 451 g/mol. The van der Waals surface area contributed by atoms with E-state index in [0.29, 0.717) is 10.7 Å². The molecule has 0 saturated heterocycles. The van der Waals surface area contributed by atoms with E-state index in [1.165, 1.54) is 35.6 Å². The summed E-state index contributed by atoms with van der Waals surface area (Å²) >= 11 is 1.47. The van der Waals surface area contributed by atoms with Crippen LogP contribution in [0, 0.1) is 13.8 Å². The molecule has 1 amide bonds. The molecule has 0 saturated carbocycles. The van der Waals surface area contributed by atoms with E-state index in [9.17, 15) is 13.2 Å². The molecule has 0 bridgehead atoms. The van der Waals surface area contributed by atoms with Crippen molar-refractivity contribution in [2.45, 2.75) is 25.3 Å². The molecule has 31 heavy (non-hydrogen) atoms. The number of aromatic nitrogens is 2. The number of thiazole rings is 1. The molecule has 0 spiro atoms. The summed E-state index contributed by atoms with van der Waals surface area (Å²) in [5, 5.41) is 0.579. The third kappa shape index (κ3) is 4.35. The van der Waals surface area contributed by atoms with E-state index >= 15 is 0 Å².